The van der Waals surface area contributed by atoms with Crippen molar-refractivity contribution in [1.29, 1.82) is 0 Å². The summed E-state index contributed by atoms with van der Waals surface area (Å²) in [5, 5.41) is 4.33. The fourth-order valence-electron chi connectivity index (χ4n) is 3.23. The van der Waals surface area contributed by atoms with Gasteiger partial charge in [-0.2, -0.15) is 5.10 Å². The van der Waals surface area contributed by atoms with Gasteiger partial charge >= 0.3 is 0 Å². The second-order valence-electron chi connectivity index (χ2n) is 7.10. The van der Waals surface area contributed by atoms with E-state index in [0.29, 0.717) is 16.8 Å². The van der Waals surface area contributed by atoms with E-state index in [9.17, 15) is 17.2 Å². The Balaban J connectivity index is 1.71. The van der Waals surface area contributed by atoms with Gasteiger partial charge in [0.2, 0.25) is 0 Å². The van der Waals surface area contributed by atoms with Gasteiger partial charge < -0.3 is 0 Å². The van der Waals surface area contributed by atoms with Crippen molar-refractivity contribution < 1.29 is 17.2 Å². The van der Waals surface area contributed by atoms with Crippen molar-refractivity contribution in [3.05, 3.63) is 72.7 Å². The molecular weight excluding hydrogens is 408 g/mol. The average molecular weight is 427 g/mol. The Labute approximate surface area is 172 Å². The fraction of sp³-hybridized carbons (Fsp3) is 0.182. The van der Waals surface area contributed by atoms with Crippen molar-refractivity contribution in [1.82, 2.24) is 14.6 Å². The van der Waals surface area contributed by atoms with Crippen molar-refractivity contribution in [3.8, 4) is 22.3 Å². The number of sulfone groups is 1. The monoisotopic (exact) mass is 427 g/mol. The van der Waals surface area contributed by atoms with Crippen LogP contribution in [0.3, 0.4) is 0 Å². The number of hydrogen-bond donors (Lipinski definition) is 0. The van der Waals surface area contributed by atoms with Gasteiger partial charge in [0.15, 0.2) is 15.5 Å². The molecule has 8 heteroatoms. The minimum absolute atomic E-state index is 0.0186. The Kier molecular flexibility index (Phi) is 4.89. The van der Waals surface area contributed by atoms with Crippen molar-refractivity contribution in [2.75, 3.05) is 6.26 Å². The zero-order chi connectivity index (χ0) is 21.5. The van der Waals surface area contributed by atoms with E-state index >= 15 is 0 Å². The second-order valence-corrected chi connectivity index (χ2v) is 9.12. The van der Waals surface area contributed by atoms with Crippen molar-refractivity contribution in [2.24, 2.45) is 0 Å². The van der Waals surface area contributed by atoms with Gasteiger partial charge in [-0.15, -0.1) is 0 Å². The Morgan fingerprint density at radius 3 is 2.40 bits per heavy atom. The molecule has 2 aromatic heterocycles. The third-order valence-corrected chi connectivity index (χ3v) is 6.12. The molecule has 0 saturated carbocycles. The topological polar surface area (TPSA) is 64.3 Å². The first-order valence-corrected chi connectivity index (χ1v) is 11.2. The smallest absolute Gasteiger partial charge is 0.236 e. The minimum atomic E-state index is -3.33. The second kappa shape index (κ2) is 7.28. The van der Waals surface area contributed by atoms with Gasteiger partial charge in [0, 0.05) is 41.8 Å². The minimum Gasteiger partial charge on any atom is -0.236 e. The standard InChI is InChI=1S/C22H19F2N3O2S/c1-3-22(23,24)18-9-7-15(8-10-18)17-12-25-21-20(13-26-27(21)14-17)16-5-4-6-19(11-16)30(2,28)29/h4-14H,3H2,1-2H3. The molecule has 0 bridgehead atoms. The van der Waals surface area contributed by atoms with Crippen molar-refractivity contribution in [2.45, 2.75) is 24.2 Å². The molecule has 154 valence electrons. The molecule has 0 atom stereocenters. The summed E-state index contributed by atoms with van der Waals surface area (Å²) in [5.74, 6) is -2.85. The molecule has 0 spiro atoms. The zero-order valence-corrected chi connectivity index (χ0v) is 17.2. The maximum absolute atomic E-state index is 13.8. The van der Waals surface area contributed by atoms with E-state index in [1.54, 1.807) is 59.5 Å². The van der Waals surface area contributed by atoms with Crippen molar-refractivity contribution in [3.63, 3.8) is 0 Å². The lowest BCUT2D eigenvalue weighted by Crippen LogP contribution is -2.10. The number of aromatic nitrogens is 3. The van der Waals surface area contributed by atoms with Crippen molar-refractivity contribution >= 4 is 15.5 Å². The molecule has 4 rings (SSSR count). The fourth-order valence-corrected chi connectivity index (χ4v) is 3.90. The first kappa shape index (κ1) is 20.2. The van der Waals surface area contributed by atoms with Crippen LogP contribution in [0.25, 0.3) is 27.9 Å². The van der Waals surface area contributed by atoms with Gasteiger partial charge in [-0.05, 0) is 23.3 Å². The lowest BCUT2D eigenvalue weighted by atomic mass is 10.0. The zero-order valence-electron chi connectivity index (χ0n) is 16.4. The molecule has 0 saturated heterocycles. The van der Waals surface area contributed by atoms with Crippen LogP contribution in [0, 0.1) is 0 Å². The van der Waals surface area contributed by atoms with Crippen LogP contribution in [0.5, 0.6) is 0 Å². The summed E-state index contributed by atoms with van der Waals surface area (Å²) in [6, 6.07) is 12.7. The number of hydrogen-bond acceptors (Lipinski definition) is 4. The number of benzene rings is 2. The van der Waals surface area contributed by atoms with Crippen LogP contribution in [-0.4, -0.2) is 29.3 Å². The van der Waals surface area contributed by atoms with Gasteiger partial charge in [0.1, 0.15) is 0 Å². The third kappa shape index (κ3) is 3.70. The summed E-state index contributed by atoms with van der Waals surface area (Å²) in [6.45, 7) is 1.45. The molecule has 30 heavy (non-hydrogen) atoms. The van der Waals surface area contributed by atoms with Crippen LogP contribution >= 0.6 is 0 Å². The third-order valence-electron chi connectivity index (χ3n) is 5.01. The highest BCUT2D eigenvalue weighted by Crippen LogP contribution is 2.33. The lowest BCUT2D eigenvalue weighted by molar-refractivity contribution is -0.00827. The van der Waals surface area contributed by atoms with Gasteiger partial charge in [0.25, 0.3) is 5.92 Å². The summed E-state index contributed by atoms with van der Waals surface area (Å²) in [6.07, 6.45) is 5.94. The number of alkyl halides is 2. The van der Waals surface area contributed by atoms with Crippen LogP contribution < -0.4 is 0 Å². The normalized spacial score (nSPS) is 12.4. The van der Waals surface area contributed by atoms with Gasteiger partial charge in [-0.1, -0.05) is 43.3 Å². The highest BCUT2D eigenvalue weighted by Gasteiger charge is 2.28. The number of fused-ring (bicyclic) bond motifs is 1. The maximum Gasteiger partial charge on any atom is 0.273 e. The highest BCUT2D eigenvalue weighted by molar-refractivity contribution is 7.90. The molecule has 2 aromatic carbocycles. The molecular formula is C22H19F2N3O2S. The van der Waals surface area contributed by atoms with E-state index < -0.39 is 15.8 Å². The average Bonchev–Trinajstić information content (AvgIpc) is 3.16. The largest absolute Gasteiger partial charge is 0.273 e. The lowest BCUT2D eigenvalue weighted by Gasteiger charge is -2.14. The molecule has 0 fully saturated rings. The molecule has 4 aromatic rings. The Bertz CT molecular complexity index is 1330. The maximum atomic E-state index is 13.8. The molecule has 5 nitrogen and oxygen atoms in total. The number of halogens is 2. The van der Waals surface area contributed by atoms with E-state index in [0.717, 1.165) is 17.4 Å². The van der Waals surface area contributed by atoms with E-state index in [2.05, 4.69) is 10.1 Å². The van der Waals surface area contributed by atoms with E-state index in [4.69, 9.17) is 0 Å². The summed E-state index contributed by atoms with van der Waals surface area (Å²) in [5.41, 5.74) is 3.42. The van der Waals surface area contributed by atoms with Gasteiger partial charge in [-0.25, -0.2) is 26.7 Å². The van der Waals surface area contributed by atoms with Gasteiger partial charge in [-0.3, -0.25) is 0 Å². The quantitative estimate of drug-likeness (QED) is 0.451. The molecule has 0 N–H and O–H groups in total. The molecule has 0 aliphatic rings. The van der Waals surface area contributed by atoms with Crippen LogP contribution in [0.4, 0.5) is 8.78 Å². The molecule has 0 amide bonds. The molecule has 0 radical (unpaired) electrons. The van der Waals surface area contributed by atoms with E-state index in [-0.39, 0.29) is 16.9 Å². The Morgan fingerprint density at radius 1 is 1.00 bits per heavy atom. The molecule has 2 heterocycles. The number of nitrogens with zero attached hydrogens (tertiary/aromatic N) is 3. The molecule has 0 aliphatic carbocycles. The van der Waals surface area contributed by atoms with Crippen LogP contribution in [0.2, 0.25) is 0 Å². The summed E-state index contributed by atoms with van der Waals surface area (Å²) < 4.78 is 52.9. The highest BCUT2D eigenvalue weighted by atomic mass is 32.2. The first-order chi connectivity index (χ1) is 14.2. The summed E-state index contributed by atoms with van der Waals surface area (Å²) in [7, 11) is -3.33. The molecule has 0 unspecified atom stereocenters. The van der Waals surface area contributed by atoms with Crippen LogP contribution in [0.1, 0.15) is 18.9 Å². The Hall–Kier alpha value is -3.13. The number of rotatable bonds is 5. The van der Waals surface area contributed by atoms with Crippen LogP contribution in [-0.2, 0) is 15.8 Å². The summed E-state index contributed by atoms with van der Waals surface area (Å²) >= 11 is 0. The molecule has 0 aliphatic heterocycles. The first-order valence-electron chi connectivity index (χ1n) is 9.31. The van der Waals surface area contributed by atoms with E-state index in [1.807, 2.05) is 0 Å². The predicted molar refractivity (Wildman–Crippen MR) is 111 cm³/mol. The van der Waals surface area contributed by atoms with Gasteiger partial charge in [0.05, 0.1) is 11.1 Å². The van der Waals surface area contributed by atoms with Crippen LogP contribution in [0.15, 0.2) is 72.0 Å². The SMILES string of the molecule is CCC(F)(F)c1ccc(-c2cnc3c(-c4cccc(S(C)(=O)=O)c4)cnn3c2)cc1. The predicted octanol–water partition coefficient (Wildman–Crippen LogP) is 4.97. The van der Waals surface area contributed by atoms with E-state index in [1.165, 1.54) is 19.1 Å². The summed E-state index contributed by atoms with van der Waals surface area (Å²) in [4.78, 5) is 4.70. The Morgan fingerprint density at radius 2 is 1.73 bits per heavy atom.